The van der Waals surface area contributed by atoms with E-state index < -0.39 is 62.5 Å². The average molecular weight is 614 g/mol. The topological polar surface area (TPSA) is 137 Å². The molecule has 0 amide bonds. The molecule has 3 N–H and O–H groups in total. The van der Waals surface area contributed by atoms with Crippen LogP contribution in [0.4, 0.5) is 36.4 Å². The molecule has 4 rings (SSSR count). The molecular formula is C24H22F7N3O6S. The first-order chi connectivity index (χ1) is 18.8. The second-order valence-electron chi connectivity index (χ2n) is 9.63. The van der Waals surface area contributed by atoms with Crippen molar-refractivity contribution in [2.45, 2.75) is 60.7 Å². The van der Waals surface area contributed by atoms with E-state index in [9.17, 15) is 54.5 Å². The first-order valence-corrected chi connectivity index (χ1v) is 13.2. The number of halogens is 7. The zero-order chi connectivity index (χ0) is 30.6. The summed E-state index contributed by atoms with van der Waals surface area (Å²) in [5.41, 5.74) is -9.24. The second kappa shape index (κ2) is 10.2. The molecule has 3 aromatic rings. The number of aliphatic hydroxyl groups excluding tert-OH is 1. The monoisotopic (exact) mass is 613 g/mol. The minimum atomic E-state index is -6.15. The summed E-state index contributed by atoms with van der Waals surface area (Å²) in [6, 6.07) is 3.98. The SMILES string of the molecule is CC(O)(CO)c1nnc(CC2CCc3cc(C(O)(C(F)(F)F)C(F)(F)F)ccc3N2S(=O)(=O)c2ccc(F)cc2)o1. The molecule has 0 radical (unpaired) electrons. The van der Waals surface area contributed by atoms with Crippen LogP contribution < -0.4 is 4.31 Å². The van der Waals surface area contributed by atoms with Crippen LogP contribution in [0.3, 0.4) is 0 Å². The number of fused-ring (bicyclic) bond motifs is 1. The first-order valence-electron chi connectivity index (χ1n) is 11.8. The molecule has 224 valence electrons. The minimum absolute atomic E-state index is 0.165. The Balaban J connectivity index is 1.83. The molecule has 0 spiro atoms. The highest BCUT2D eigenvalue weighted by molar-refractivity contribution is 7.92. The average Bonchev–Trinajstić information content (AvgIpc) is 3.36. The highest BCUT2D eigenvalue weighted by atomic mass is 32.2. The van der Waals surface area contributed by atoms with Gasteiger partial charge in [-0.05, 0) is 55.7 Å². The van der Waals surface area contributed by atoms with Gasteiger partial charge in [0, 0.05) is 12.0 Å². The Hall–Kier alpha value is -3.28. The Kier molecular flexibility index (Phi) is 7.64. The molecule has 2 aromatic carbocycles. The molecule has 0 bridgehead atoms. The summed E-state index contributed by atoms with van der Waals surface area (Å²) < 4.78 is 128. The molecule has 1 aliphatic heterocycles. The van der Waals surface area contributed by atoms with Gasteiger partial charge >= 0.3 is 12.4 Å². The van der Waals surface area contributed by atoms with Gasteiger partial charge in [-0.3, -0.25) is 4.31 Å². The molecular weight excluding hydrogens is 591 g/mol. The molecule has 1 aliphatic rings. The molecule has 9 nitrogen and oxygen atoms in total. The van der Waals surface area contributed by atoms with Crippen LogP contribution in [0, 0.1) is 5.82 Å². The fourth-order valence-corrected chi connectivity index (χ4v) is 6.12. The molecule has 41 heavy (non-hydrogen) atoms. The molecule has 1 aromatic heterocycles. The molecule has 0 saturated heterocycles. The summed E-state index contributed by atoms with van der Waals surface area (Å²) in [6.07, 6.45) is -13.0. The zero-order valence-electron chi connectivity index (χ0n) is 20.9. The summed E-state index contributed by atoms with van der Waals surface area (Å²) in [7, 11) is -4.61. The lowest BCUT2D eigenvalue weighted by molar-refractivity contribution is -0.376. The van der Waals surface area contributed by atoms with Crippen LogP contribution >= 0.6 is 0 Å². The largest absolute Gasteiger partial charge is 0.430 e. The second-order valence-corrected chi connectivity index (χ2v) is 11.4. The van der Waals surface area contributed by atoms with Crippen molar-refractivity contribution in [2.75, 3.05) is 10.9 Å². The Bertz CT molecular complexity index is 1510. The lowest BCUT2D eigenvalue weighted by Gasteiger charge is -2.39. The molecule has 0 saturated carbocycles. The van der Waals surface area contributed by atoms with Crippen molar-refractivity contribution >= 4 is 15.7 Å². The van der Waals surface area contributed by atoms with Gasteiger partial charge in [0.05, 0.1) is 23.2 Å². The van der Waals surface area contributed by atoms with Gasteiger partial charge in [-0.25, -0.2) is 12.8 Å². The maximum Gasteiger partial charge on any atom is 0.430 e. The van der Waals surface area contributed by atoms with Crippen LogP contribution in [0.5, 0.6) is 0 Å². The Morgan fingerprint density at radius 3 is 2.17 bits per heavy atom. The van der Waals surface area contributed by atoms with E-state index in [4.69, 9.17) is 4.42 Å². The normalized spacial score (nSPS) is 18.2. The van der Waals surface area contributed by atoms with E-state index in [0.717, 1.165) is 34.6 Å². The van der Waals surface area contributed by atoms with Crippen molar-refractivity contribution in [1.29, 1.82) is 0 Å². The number of sulfonamides is 1. The summed E-state index contributed by atoms with van der Waals surface area (Å²) in [6.45, 7) is 0.383. The third kappa shape index (κ3) is 5.38. The number of rotatable bonds is 7. The maximum absolute atomic E-state index is 13.7. The van der Waals surface area contributed by atoms with E-state index in [1.807, 2.05) is 0 Å². The van der Waals surface area contributed by atoms with Gasteiger partial charge in [0.15, 0.2) is 5.60 Å². The number of benzene rings is 2. The van der Waals surface area contributed by atoms with Crippen molar-refractivity contribution < 1.29 is 58.9 Å². The Morgan fingerprint density at radius 2 is 1.61 bits per heavy atom. The van der Waals surface area contributed by atoms with E-state index in [0.29, 0.717) is 12.1 Å². The van der Waals surface area contributed by atoms with Crippen LogP contribution in [-0.4, -0.2) is 58.9 Å². The van der Waals surface area contributed by atoms with Gasteiger partial charge < -0.3 is 19.7 Å². The zero-order valence-corrected chi connectivity index (χ0v) is 21.7. The third-order valence-corrected chi connectivity index (χ3v) is 8.53. The number of aryl methyl sites for hydroxylation is 1. The number of alkyl halides is 6. The van der Waals surface area contributed by atoms with E-state index in [1.165, 1.54) is 6.92 Å². The van der Waals surface area contributed by atoms with Crippen molar-refractivity contribution in [3.8, 4) is 0 Å². The fraction of sp³-hybridized carbons (Fsp3) is 0.417. The Labute approximate surface area is 227 Å². The predicted molar refractivity (Wildman–Crippen MR) is 125 cm³/mol. The van der Waals surface area contributed by atoms with E-state index in [1.54, 1.807) is 0 Å². The predicted octanol–water partition coefficient (Wildman–Crippen LogP) is 3.47. The van der Waals surface area contributed by atoms with Crippen LogP contribution in [0.15, 0.2) is 51.8 Å². The van der Waals surface area contributed by atoms with Gasteiger partial charge in [-0.2, -0.15) is 26.3 Å². The van der Waals surface area contributed by atoms with Gasteiger partial charge in [-0.15, -0.1) is 10.2 Å². The van der Waals surface area contributed by atoms with Gasteiger partial charge in [0.2, 0.25) is 11.8 Å². The number of anilines is 1. The third-order valence-electron chi connectivity index (χ3n) is 6.65. The van der Waals surface area contributed by atoms with Crippen molar-refractivity contribution in [3.05, 3.63) is 71.2 Å². The Morgan fingerprint density at radius 1 is 1.00 bits per heavy atom. The molecule has 0 fully saturated rings. The van der Waals surface area contributed by atoms with Gasteiger partial charge in [-0.1, -0.05) is 12.1 Å². The van der Waals surface area contributed by atoms with Crippen LogP contribution in [-0.2, 0) is 34.1 Å². The molecule has 2 heterocycles. The van der Waals surface area contributed by atoms with Gasteiger partial charge in [0.25, 0.3) is 15.6 Å². The summed E-state index contributed by atoms with van der Waals surface area (Å²) in [5.74, 6) is -1.35. The smallest absolute Gasteiger partial charge is 0.422 e. The van der Waals surface area contributed by atoms with Crippen LogP contribution in [0.1, 0.15) is 36.3 Å². The minimum Gasteiger partial charge on any atom is -0.422 e. The van der Waals surface area contributed by atoms with Crippen molar-refractivity contribution in [3.63, 3.8) is 0 Å². The van der Waals surface area contributed by atoms with E-state index in [2.05, 4.69) is 10.2 Å². The first kappa shape index (κ1) is 30.7. The summed E-state index contributed by atoms with van der Waals surface area (Å²) >= 11 is 0. The standard InChI is InChI=1S/C24H22F7N3O6S/c1-21(36,12-35)20-33-32-19(40-20)11-16-6-2-13-10-14(22(37,23(26,27)28)24(29,30)31)3-9-18(13)34(16)41(38,39)17-7-4-15(25)5-8-17/h3-5,7-10,16,35-37H,2,6,11-12H2,1H3. The fourth-order valence-electron chi connectivity index (χ4n) is 4.40. The van der Waals surface area contributed by atoms with Gasteiger partial charge in [0.1, 0.15) is 5.82 Å². The number of hydrogen-bond donors (Lipinski definition) is 3. The summed E-state index contributed by atoms with van der Waals surface area (Å²) in [4.78, 5) is -0.433. The van der Waals surface area contributed by atoms with Crippen molar-refractivity contribution in [2.24, 2.45) is 0 Å². The molecule has 0 aliphatic carbocycles. The lowest BCUT2D eigenvalue weighted by Crippen LogP contribution is -2.54. The van der Waals surface area contributed by atoms with Crippen LogP contribution in [0.2, 0.25) is 0 Å². The number of nitrogens with zero attached hydrogens (tertiary/aromatic N) is 3. The lowest BCUT2D eigenvalue weighted by atomic mass is 9.87. The quantitative estimate of drug-likeness (QED) is 0.345. The number of aromatic nitrogens is 2. The number of hydrogen-bond acceptors (Lipinski definition) is 8. The molecule has 2 atom stereocenters. The van der Waals surface area contributed by atoms with E-state index in [-0.39, 0.29) is 42.3 Å². The maximum atomic E-state index is 13.7. The summed E-state index contributed by atoms with van der Waals surface area (Å²) in [5, 5.41) is 36.7. The van der Waals surface area contributed by atoms with Crippen molar-refractivity contribution in [1.82, 2.24) is 10.2 Å². The van der Waals surface area contributed by atoms with E-state index >= 15 is 0 Å². The highest BCUT2D eigenvalue weighted by Gasteiger charge is 2.71. The molecule has 17 heteroatoms. The number of aliphatic hydroxyl groups is 3. The molecule has 2 unspecified atom stereocenters. The highest BCUT2D eigenvalue weighted by Crippen LogP contribution is 2.51. The van der Waals surface area contributed by atoms with Crippen LogP contribution in [0.25, 0.3) is 0 Å².